The Morgan fingerprint density at radius 3 is 2.54 bits per heavy atom. The van der Waals surface area contributed by atoms with E-state index in [2.05, 4.69) is 30.1 Å². The molecule has 1 atom stereocenters. The number of nitrogens with one attached hydrogen (secondary N) is 1. The molecule has 5 nitrogen and oxygen atoms in total. The summed E-state index contributed by atoms with van der Waals surface area (Å²) in [5.74, 6) is 0.925. The number of hydrogen-bond donors (Lipinski definition) is 1. The molecule has 2 amide bonds. The number of unbranched alkanes of at least 4 members (excludes halogenated alkanes) is 3. The summed E-state index contributed by atoms with van der Waals surface area (Å²) >= 11 is 0. The van der Waals surface area contributed by atoms with E-state index in [4.69, 9.17) is 4.74 Å². The lowest BCUT2D eigenvalue weighted by atomic mass is 10.1. The number of urea groups is 1. The van der Waals surface area contributed by atoms with Gasteiger partial charge >= 0.3 is 6.03 Å². The van der Waals surface area contributed by atoms with Crippen molar-refractivity contribution in [1.29, 1.82) is 0 Å². The molecule has 1 N–H and O–H groups in total. The fourth-order valence-corrected chi connectivity index (χ4v) is 3.40. The van der Waals surface area contributed by atoms with Crippen LogP contribution in [0.4, 0.5) is 10.5 Å². The van der Waals surface area contributed by atoms with Gasteiger partial charge in [0.05, 0.1) is 12.3 Å². The molecule has 5 heteroatoms. The van der Waals surface area contributed by atoms with Crippen LogP contribution in [-0.4, -0.2) is 49.8 Å². The van der Waals surface area contributed by atoms with E-state index < -0.39 is 0 Å². The van der Waals surface area contributed by atoms with Gasteiger partial charge in [-0.2, -0.15) is 0 Å². The summed E-state index contributed by atoms with van der Waals surface area (Å²) in [5, 5.41) is 3.16. The molecule has 1 aliphatic rings. The minimum Gasteiger partial charge on any atom is -0.492 e. The first-order valence-corrected chi connectivity index (χ1v) is 10.2. The average Bonchev–Trinajstić information content (AvgIpc) is 2.66. The van der Waals surface area contributed by atoms with Crippen LogP contribution < -0.4 is 15.0 Å². The van der Waals surface area contributed by atoms with Crippen LogP contribution in [0.3, 0.4) is 0 Å². The predicted octanol–water partition coefficient (Wildman–Crippen LogP) is 4.28. The van der Waals surface area contributed by atoms with Crippen molar-refractivity contribution in [2.75, 3.05) is 37.7 Å². The zero-order chi connectivity index (χ0) is 18.8. The molecule has 0 aliphatic carbocycles. The molecule has 1 aliphatic heterocycles. The van der Waals surface area contributed by atoms with Gasteiger partial charge in [-0.15, -0.1) is 0 Å². The zero-order valence-corrected chi connectivity index (χ0v) is 16.7. The van der Waals surface area contributed by atoms with Crippen LogP contribution in [0.5, 0.6) is 5.75 Å². The largest absolute Gasteiger partial charge is 0.492 e. The number of ether oxygens (including phenoxy) is 1. The van der Waals surface area contributed by atoms with Crippen molar-refractivity contribution in [3.8, 4) is 5.75 Å². The average molecular weight is 362 g/mol. The summed E-state index contributed by atoms with van der Waals surface area (Å²) in [7, 11) is 0. The van der Waals surface area contributed by atoms with Crippen molar-refractivity contribution in [2.45, 2.75) is 58.9 Å². The van der Waals surface area contributed by atoms with Gasteiger partial charge in [-0.05, 0) is 32.4 Å². The summed E-state index contributed by atoms with van der Waals surface area (Å²) in [6, 6.07) is 8.47. The summed E-state index contributed by atoms with van der Waals surface area (Å²) in [6.07, 6.45) is 6.04. The molecule has 0 radical (unpaired) electrons. The number of benzene rings is 1. The minimum atomic E-state index is 0.0748. The van der Waals surface area contributed by atoms with Gasteiger partial charge in [0.1, 0.15) is 5.75 Å². The van der Waals surface area contributed by atoms with Crippen LogP contribution in [0.25, 0.3) is 0 Å². The number of hydrogen-bond acceptors (Lipinski definition) is 3. The Bertz CT molecular complexity index is 542. The van der Waals surface area contributed by atoms with Gasteiger partial charge in [0.2, 0.25) is 0 Å². The number of amides is 2. The second-order valence-electron chi connectivity index (χ2n) is 7.07. The molecule has 2 rings (SSSR count). The lowest BCUT2D eigenvalue weighted by Crippen LogP contribution is -2.53. The summed E-state index contributed by atoms with van der Waals surface area (Å²) in [5.41, 5.74) is 1.12. The van der Waals surface area contributed by atoms with Crippen LogP contribution in [0.1, 0.15) is 52.9 Å². The Kier molecular flexibility index (Phi) is 8.59. The van der Waals surface area contributed by atoms with Crippen LogP contribution in [0.2, 0.25) is 0 Å². The van der Waals surface area contributed by atoms with Crippen molar-refractivity contribution in [3.63, 3.8) is 0 Å². The lowest BCUT2D eigenvalue weighted by molar-refractivity contribution is 0.190. The van der Waals surface area contributed by atoms with Crippen LogP contribution >= 0.6 is 0 Å². The third kappa shape index (κ3) is 6.11. The molecule has 1 fully saturated rings. The Hall–Kier alpha value is -1.91. The third-order valence-electron chi connectivity index (χ3n) is 4.93. The fraction of sp³-hybridized carbons (Fsp3) is 0.667. The molecule has 0 unspecified atom stereocenters. The molecule has 1 aromatic rings. The quantitative estimate of drug-likeness (QED) is 0.668. The molecule has 0 saturated carbocycles. The normalized spacial score (nSPS) is 15.7. The van der Waals surface area contributed by atoms with E-state index in [0.717, 1.165) is 44.0 Å². The monoisotopic (exact) mass is 361 g/mol. The first-order chi connectivity index (χ1) is 12.7. The molecule has 1 heterocycles. The maximum absolute atomic E-state index is 12.5. The smallest absolute Gasteiger partial charge is 0.317 e. The molecular formula is C21H35N3O2. The number of carbonyl (C=O) groups is 1. The Morgan fingerprint density at radius 2 is 1.85 bits per heavy atom. The van der Waals surface area contributed by atoms with Crippen molar-refractivity contribution in [1.82, 2.24) is 10.2 Å². The molecule has 1 aromatic carbocycles. The number of rotatable bonds is 9. The zero-order valence-electron chi connectivity index (χ0n) is 16.7. The summed E-state index contributed by atoms with van der Waals surface area (Å²) in [4.78, 5) is 16.7. The number of nitrogens with zero attached hydrogens (tertiary/aromatic N) is 2. The molecule has 146 valence electrons. The highest BCUT2D eigenvalue weighted by atomic mass is 16.5. The van der Waals surface area contributed by atoms with E-state index in [1.807, 2.05) is 30.0 Å². The fourth-order valence-electron chi connectivity index (χ4n) is 3.40. The molecule has 0 bridgehead atoms. The highest BCUT2D eigenvalue weighted by molar-refractivity contribution is 5.75. The number of carbonyl (C=O) groups excluding carboxylic acids is 1. The molecule has 0 spiro atoms. The molecule has 0 aromatic heterocycles. The van der Waals surface area contributed by atoms with Gasteiger partial charge in [-0.3, -0.25) is 0 Å². The van der Waals surface area contributed by atoms with E-state index in [1.54, 1.807) is 0 Å². The number of anilines is 1. The van der Waals surface area contributed by atoms with Gasteiger partial charge in [0.15, 0.2) is 0 Å². The Balaban J connectivity index is 1.78. The second kappa shape index (κ2) is 10.9. The highest BCUT2D eigenvalue weighted by Crippen LogP contribution is 2.28. The Morgan fingerprint density at radius 1 is 1.12 bits per heavy atom. The van der Waals surface area contributed by atoms with E-state index in [0.29, 0.717) is 6.61 Å². The topological polar surface area (TPSA) is 44.8 Å². The van der Waals surface area contributed by atoms with E-state index in [-0.39, 0.29) is 12.1 Å². The predicted molar refractivity (Wildman–Crippen MR) is 108 cm³/mol. The van der Waals surface area contributed by atoms with Crippen molar-refractivity contribution >= 4 is 11.7 Å². The maximum atomic E-state index is 12.5. The standard InChI is InChI=1S/C21H35N3O2/c1-4-6-7-8-11-18(3)22-21(25)24-16-14-23(15-17-24)19-12-9-10-13-20(19)26-5-2/h9-10,12-13,18H,4-8,11,14-17H2,1-3H3,(H,22,25)/t18-/m0/s1. The van der Waals surface area contributed by atoms with Gasteiger partial charge in [0.25, 0.3) is 0 Å². The second-order valence-corrected chi connectivity index (χ2v) is 7.07. The lowest BCUT2D eigenvalue weighted by Gasteiger charge is -2.37. The van der Waals surface area contributed by atoms with Gasteiger partial charge < -0.3 is 19.9 Å². The number of para-hydroxylation sites is 2. The SMILES string of the molecule is CCCCCC[C@H](C)NC(=O)N1CCN(c2ccccc2OCC)CC1. The Labute approximate surface area is 158 Å². The number of piperazine rings is 1. The summed E-state index contributed by atoms with van der Waals surface area (Å²) in [6.45, 7) is 10.2. The minimum absolute atomic E-state index is 0.0748. The van der Waals surface area contributed by atoms with Gasteiger partial charge in [-0.25, -0.2) is 4.79 Å². The molecular weight excluding hydrogens is 326 g/mol. The van der Waals surface area contributed by atoms with Crippen molar-refractivity contribution in [3.05, 3.63) is 24.3 Å². The van der Waals surface area contributed by atoms with Crippen LogP contribution in [-0.2, 0) is 0 Å². The van der Waals surface area contributed by atoms with Gasteiger partial charge in [-0.1, -0.05) is 44.7 Å². The third-order valence-corrected chi connectivity index (χ3v) is 4.93. The molecule has 26 heavy (non-hydrogen) atoms. The van der Waals surface area contributed by atoms with E-state index in [1.165, 1.54) is 25.7 Å². The van der Waals surface area contributed by atoms with Crippen molar-refractivity contribution in [2.24, 2.45) is 0 Å². The van der Waals surface area contributed by atoms with Crippen molar-refractivity contribution < 1.29 is 9.53 Å². The van der Waals surface area contributed by atoms with Crippen LogP contribution in [0.15, 0.2) is 24.3 Å². The van der Waals surface area contributed by atoms with E-state index in [9.17, 15) is 4.79 Å². The van der Waals surface area contributed by atoms with E-state index >= 15 is 0 Å². The highest BCUT2D eigenvalue weighted by Gasteiger charge is 2.23. The summed E-state index contributed by atoms with van der Waals surface area (Å²) < 4.78 is 5.74. The van der Waals surface area contributed by atoms with Gasteiger partial charge in [0, 0.05) is 32.2 Å². The first-order valence-electron chi connectivity index (χ1n) is 10.2. The van der Waals surface area contributed by atoms with Crippen LogP contribution in [0, 0.1) is 0 Å². The first kappa shape index (κ1) is 20.4. The molecule has 1 saturated heterocycles. The maximum Gasteiger partial charge on any atom is 0.317 e.